The molecule has 0 spiro atoms. The molecule has 20 heavy (non-hydrogen) atoms. The molecule has 2 rings (SSSR count). The SMILES string of the molecule is CCC1CCCC(Cc2ccc(Cl)cc2F)(C(=O)O)C1. The first kappa shape index (κ1) is 15.3. The molecular formula is C16H20ClFO2. The lowest BCUT2D eigenvalue weighted by Crippen LogP contribution is -2.38. The number of hydrogen-bond acceptors (Lipinski definition) is 1. The average Bonchev–Trinajstić information content (AvgIpc) is 2.42. The van der Waals surface area contributed by atoms with E-state index in [-0.39, 0.29) is 6.42 Å². The Kier molecular flexibility index (Phi) is 4.69. The van der Waals surface area contributed by atoms with Crippen molar-refractivity contribution in [3.05, 3.63) is 34.6 Å². The second kappa shape index (κ2) is 6.13. The number of carboxylic acids is 1. The summed E-state index contributed by atoms with van der Waals surface area (Å²) in [5.41, 5.74) is -0.373. The minimum atomic E-state index is -0.826. The highest BCUT2D eigenvalue weighted by molar-refractivity contribution is 6.30. The van der Waals surface area contributed by atoms with Crippen LogP contribution in [-0.4, -0.2) is 11.1 Å². The summed E-state index contributed by atoms with van der Waals surface area (Å²) in [6.07, 6.45) is 4.48. The molecule has 0 radical (unpaired) electrons. The maximum atomic E-state index is 13.9. The van der Waals surface area contributed by atoms with Crippen LogP contribution < -0.4 is 0 Å². The molecule has 1 N–H and O–H groups in total. The molecule has 2 unspecified atom stereocenters. The van der Waals surface area contributed by atoms with Crippen LogP contribution in [-0.2, 0) is 11.2 Å². The quantitative estimate of drug-likeness (QED) is 0.875. The lowest BCUT2D eigenvalue weighted by Gasteiger charge is -2.37. The molecule has 2 atom stereocenters. The minimum absolute atomic E-state index is 0.252. The summed E-state index contributed by atoms with van der Waals surface area (Å²) >= 11 is 5.75. The van der Waals surface area contributed by atoms with Crippen LogP contribution in [0.1, 0.15) is 44.6 Å². The molecule has 1 aromatic rings. The van der Waals surface area contributed by atoms with Gasteiger partial charge in [0.15, 0.2) is 0 Å². The summed E-state index contributed by atoms with van der Waals surface area (Å²) < 4.78 is 13.9. The van der Waals surface area contributed by atoms with Crippen LogP contribution in [0, 0.1) is 17.2 Å². The first-order valence-electron chi connectivity index (χ1n) is 7.14. The second-order valence-electron chi connectivity index (χ2n) is 5.87. The van der Waals surface area contributed by atoms with Crippen LogP contribution in [0.2, 0.25) is 5.02 Å². The molecule has 1 aliphatic rings. The van der Waals surface area contributed by atoms with Gasteiger partial charge in [-0.15, -0.1) is 0 Å². The fraction of sp³-hybridized carbons (Fsp3) is 0.562. The third-order valence-corrected chi connectivity index (χ3v) is 4.76. The van der Waals surface area contributed by atoms with Crippen LogP contribution in [0.3, 0.4) is 0 Å². The van der Waals surface area contributed by atoms with Gasteiger partial charge >= 0.3 is 5.97 Å². The number of halogens is 2. The van der Waals surface area contributed by atoms with Gasteiger partial charge in [-0.1, -0.05) is 43.9 Å². The number of carbonyl (C=O) groups is 1. The van der Waals surface area contributed by atoms with E-state index in [2.05, 4.69) is 6.92 Å². The number of hydrogen-bond donors (Lipinski definition) is 1. The molecule has 0 bridgehead atoms. The lowest BCUT2D eigenvalue weighted by atomic mass is 9.66. The Morgan fingerprint density at radius 2 is 2.30 bits per heavy atom. The molecular weight excluding hydrogens is 279 g/mol. The van der Waals surface area contributed by atoms with Gasteiger partial charge in [-0.3, -0.25) is 4.79 Å². The highest BCUT2D eigenvalue weighted by Crippen LogP contribution is 2.43. The highest BCUT2D eigenvalue weighted by atomic mass is 35.5. The molecule has 0 aliphatic heterocycles. The van der Waals surface area contributed by atoms with Gasteiger partial charge in [-0.05, 0) is 42.9 Å². The van der Waals surface area contributed by atoms with Gasteiger partial charge in [0, 0.05) is 5.02 Å². The highest BCUT2D eigenvalue weighted by Gasteiger charge is 2.42. The number of rotatable bonds is 4. The summed E-state index contributed by atoms with van der Waals surface area (Å²) in [6, 6.07) is 4.49. The Morgan fingerprint density at radius 1 is 1.55 bits per heavy atom. The normalized spacial score (nSPS) is 26.4. The van der Waals surface area contributed by atoms with Crippen LogP contribution >= 0.6 is 11.6 Å². The van der Waals surface area contributed by atoms with E-state index < -0.39 is 17.2 Å². The van der Waals surface area contributed by atoms with E-state index in [0.717, 1.165) is 19.3 Å². The second-order valence-corrected chi connectivity index (χ2v) is 6.31. The summed E-state index contributed by atoms with van der Waals surface area (Å²) in [5, 5.41) is 10.00. The largest absolute Gasteiger partial charge is 0.481 e. The van der Waals surface area contributed by atoms with Crippen LogP contribution in [0.25, 0.3) is 0 Å². The van der Waals surface area contributed by atoms with Crippen molar-refractivity contribution in [2.75, 3.05) is 0 Å². The molecule has 0 amide bonds. The summed E-state index contributed by atoms with van der Waals surface area (Å²) in [6.45, 7) is 2.09. The topological polar surface area (TPSA) is 37.3 Å². The van der Waals surface area contributed by atoms with Gasteiger partial charge in [0.2, 0.25) is 0 Å². The van der Waals surface area contributed by atoms with E-state index in [0.29, 0.717) is 29.3 Å². The predicted octanol–water partition coefficient (Wildman–Crippen LogP) is 4.69. The Labute approximate surface area is 123 Å². The molecule has 1 fully saturated rings. The molecule has 0 heterocycles. The van der Waals surface area contributed by atoms with Crippen molar-refractivity contribution >= 4 is 17.6 Å². The molecule has 1 aromatic carbocycles. The summed E-state index contributed by atoms with van der Waals surface area (Å²) in [5.74, 6) is -0.781. The minimum Gasteiger partial charge on any atom is -0.481 e. The van der Waals surface area contributed by atoms with Crippen molar-refractivity contribution in [1.82, 2.24) is 0 Å². The molecule has 2 nitrogen and oxygen atoms in total. The summed E-state index contributed by atoms with van der Waals surface area (Å²) in [7, 11) is 0. The van der Waals surface area contributed by atoms with Crippen molar-refractivity contribution < 1.29 is 14.3 Å². The third-order valence-electron chi connectivity index (χ3n) is 4.52. The molecule has 0 saturated heterocycles. The maximum absolute atomic E-state index is 13.9. The summed E-state index contributed by atoms with van der Waals surface area (Å²) in [4.78, 5) is 11.8. The van der Waals surface area contributed by atoms with Crippen molar-refractivity contribution in [3.8, 4) is 0 Å². The fourth-order valence-corrected chi connectivity index (χ4v) is 3.45. The molecule has 1 saturated carbocycles. The number of aliphatic carboxylic acids is 1. The van der Waals surface area contributed by atoms with Crippen LogP contribution in [0.15, 0.2) is 18.2 Å². The average molecular weight is 299 g/mol. The third kappa shape index (κ3) is 3.14. The van der Waals surface area contributed by atoms with E-state index in [1.807, 2.05) is 0 Å². The standard InChI is InChI=1S/C16H20ClFO2/c1-2-11-4-3-7-16(9-11,15(19)20)10-12-5-6-13(17)8-14(12)18/h5-6,8,11H,2-4,7,9-10H2,1H3,(H,19,20). The van der Waals surface area contributed by atoms with E-state index in [1.165, 1.54) is 6.07 Å². The van der Waals surface area contributed by atoms with Gasteiger partial charge < -0.3 is 5.11 Å². The number of carboxylic acid groups (broad SMARTS) is 1. The van der Waals surface area contributed by atoms with Gasteiger partial charge in [0.1, 0.15) is 5.82 Å². The molecule has 110 valence electrons. The van der Waals surface area contributed by atoms with Gasteiger partial charge in [-0.2, -0.15) is 0 Å². The lowest BCUT2D eigenvalue weighted by molar-refractivity contribution is -0.152. The monoisotopic (exact) mass is 298 g/mol. The maximum Gasteiger partial charge on any atom is 0.309 e. The smallest absolute Gasteiger partial charge is 0.309 e. The molecule has 4 heteroatoms. The van der Waals surface area contributed by atoms with Gasteiger partial charge in [0.25, 0.3) is 0 Å². The number of benzene rings is 1. The van der Waals surface area contributed by atoms with Crippen LogP contribution in [0.4, 0.5) is 4.39 Å². The first-order chi connectivity index (χ1) is 9.47. The fourth-order valence-electron chi connectivity index (χ4n) is 3.29. The zero-order valence-electron chi connectivity index (χ0n) is 11.7. The van der Waals surface area contributed by atoms with E-state index >= 15 is 0 Å². The van der Waals surface area contributed by atoms with Crippen molar-refractivity contribution in [3.63, 3.8) is 0 Å². The van der Waals surface area contributed by atoms with Crippen molar-refractivity contribution in [2.24, 2.45) is 11.3 Å². The Bertz CT molecular complexity index is 503. The molecule has 1 aliphatic carbocycles. The van der Waals surface area contributed by atoms with E-state index in [1.54, 1.807) is 12.1 Å². The Hall–Kier alpha value is -1.09. The van der Waals surface area contributed by atoms with Gasteiger partial charge in [-0.25, -0.2) is 4.39 Å². The predicted molar refractivity (Wildman–Crippen MR) is 77.4 cm³/mol. The first-order valence-corrected chi connectivity index (χ1v) is 7.52. The van der Waals surface area contributed by atoms with Crippen LogP contribution in [0.5, 0.6) is 0 Å². The van der Waals surface area contributed by atoms with Crippen molar-refractivity contribution in [2.45, 2.75) is 45.4 Å². The Morgan fingerprint density at radius 3 is 2.90 bits per heavy atom. The molecule has 0 aromatic heterocycles. The zero-order valence-corrected chi connectivity index (χ0v) is 12.4. The van der Waals surface area contributed by atoms with Crippen molar-refractivity contribution in [1.29, 1.82) is 0 Å². The zero-order chi connectivity index (χ0) is 14.8. The van der Waals surface area contributed by atoms with E-state index in [9.17, 15) is 14.3 Å². The van der Waals surface area contributed by atoms with Gasteiger partial charge in [0.05, 0.1) is 5.41 Å². The van der Waals surface area contributed by atoms with E-state index in [4.69, 9.17) is 11.6 Å². The Balaban J connectivity index is 2.27.